The van der Waals surface area contributed by atoms with Crippen LogP contribution >= 0.6 is 0 Å². The maximum Gasteiger partial charge on any atom is 0.261 e. The summed E-state index contributed by atoms with van der Waals surface area (Å²) in [6.45, 7) is 3.57. The van der Waals surface area contributed by atoms with E-state index in [2.05, 4.69) is 37.4 Å². The number of hydrogen-bond acceptors (Lipinski definition) is 6. The maximum absolute atomic E-state index is 13.4. The summed E-state index contributed by atoms with van der Waals surface area (Å²) < 4.78 is 5.52. The van der Waals surface area contributed by atoms with Gasteiger partial charge in [-0.2, -0.15) is 0 Å². The van der Waals surface area contributed by atoms with Gasteiger partial charge in [-0.1, -0.05) is 24.3 Å². The molecule has 0 amide bonds. The minimum absolute atomic E-state index is 0.212. The molecule has 3 N–H and O–H groups in total. The van der Waals surface area contributed by atoms with Gasteiger partial charge in [0.25, 0.3) is 5.56 Å². The topological polar surface area (TPSA) is 109 Å². The Morgan fingerprint density at radius 1 is 1.00 bits per heavy atom. The van der Waals surface area contributed by atoms with Gasteiger partial charge in [-0.15, -0.1) is 0 Å². The van der Waals surface area contributed by atoms with Crippen molar-refractivity contribution in [1.29, 1.82) is 0 Å². The summed E-state index contributed by atoms with van der Waals surface area (Å²) in [6, 6.07) is 15.6. The van der Waals surface area contributed by atoms with Crippen LogP contribution in [-0.2, 0) is 4.74 Å². The van der Waals surface area contributed by atoms with Gasteiger partial charge in [0.15, 0.2) is 0 Å². The Balaban J connectivity index is 1.47. The minimum Gasteiger partial charge on any atom is -0.381 e. The molecule has 4 heterocycles. The number of rotatable bonds is 5. The van der Waals surface area contributed by atoms with Crippen LogP contribution in [0.3, 0.4) is 0 Å². The number of pyridine rings is 1. The Morgan fingerprint density at radius 3 is 2.63 bits per heavy atom. The Hall–Kier alpha value is -4.04. The number of H-pyrrole nitrogens is 2. The van der Waals surface area contributed by atoms with Crippen molar-refractivity contribution in [2.45, 2.75) is 31.7 Å². The van der Waals surface area contributed by atoms with Crippen LogP contribution < -0.4 is 10.9 Å². The van der Waals surface area contributed by atoms with E-state index in [-0.39, 0.29) is 11.6 Å². The van der Waals surface area contributed by atoms with E-state index >= 15 is 0 Å². The highest BCUT2D eigenvalue weighted by atomic mass is 16.5. The lowest BCUT2D eigenvalue weighted by atomic mass is 9.91. The maximum atomic E-state index is 13.4. The molecule has 0 saturated carbocycles. The highest BCUT2D eigenvalue weighted by Crippen LogP contribution is 2.34. The van der Waals surface area contributed by atoms with Gasteiger partial charge in [0.2, 0.25) is 0 Å². The molecule has 0 spiro atoms. The molecule has 0 aliphatic carbocycles. The van der Waals surface area contributed by atoms with Crippen molar-refractivity contribution in [3.63, 3.8) is 0 Å². The molecule has 0 radical (unpaired) electrons. The van der Waals surface area contributed by atoms with E-state index < -0.39 is 0 Å². The first-order chi connectivity index (χ1) is 17.2. The van der Waals surface area contributed by atoms with Crippen molar-refractivity contribution in [3.8, 4) is 11.4 Å². The second kappa shape index (κ2) is 8.96. The second-order valence-corrected chi connectivity index (χ2v) is 8.97. The molecule has 1 fully saturated rings. The summed E-state index contributed by atoms with van der Waals surface area (Å²) in [6.07, 6.45) is 5.47. The van der Waals surface area contributed by atoms with Crippen LogP contribution in [0.2, 0.25) is 0 Å². The standard InChI is InChI=1S/C27H26N6O2/c1-16(25-28-11-4-12-29-25)30-24-19-5-2-3-6-20(19)33-27(34)23(24)26-31-21-8-7-18(15-22(21)32-26)17-9-13-35-14-10-17/h2-8,11-12,15-17H,9-10,13-14H2,1H3,(H,31,32)(H2,30,33,34). The zero-order chi connectivity index (χ0) is 23.8. The first-order valence-electron chi connectivity index (χ1n) is 11.9. The fourth-order valence-corrected chi connectivity index (χ4v) is 4.86. The van der Waals surface area contributed by atoms with Gasteiger partial charge in [-0.3, -0.25) is 4.79 Å². The molecule has 1 aliphatic heterocycles. The van der Waals surface area contributed by atoms with Crippen molar-refractivity contribution in [3.05, 3.63) is 82.7 Å². The van der Waals surface area contributed by atoms with Crippen molar-refractivity contribution < 1.29 is 4.74 Å². The van der Waals surface area contributed by atoms with Crippen molar-refractivity contribution in [2.24, 2.45) is 0 Å². The van der Waals surface area contributed by atoms with Crippen LogP contribution in [0.1, 0.15) is 43.1 Å². The van der Waals surface area contributed by atoms with Gasteiger partial charge in [0, 0.05) is 31.0 Å². The molecule has 2 aromatic carbocycles. The van der Waals surface area contributed by atoms with Gasteiger partial charge in [0.05, 0.1) is 28.3 Å². The number of nitrogens with zero attached hydrogens (tertiary/aromatic N) is 3. The monoisotopic (exact) mass is 466 g/mol. The predicted molar refractivity (Wildman–Crippen MR) is 137 cm³/mol. The SMILES string of the molecule is CC(Nc1c(-c2nc3ccc(C4CCOCC4)cc3[nH]2)c(=O)[nH]c2ccccc12)c1ncccn1. The number of nitrogens with one attached hydrogen (secondary N) is 3. The van der Waals surface area contributed by atoms with Crippen molar-refractivity contribution >= 4 is 27.6 Å². The quantitative estimate of drug-likeness (QED) is 0.339. The molecule has 5 aromatic rings. The highest BCUT2D eigenvalue weighted by Gasteiger charge is 2.21. The van der Waals surface area contributed by atoms with E-state index in [1.54, 1.807) is 18.5 Å². The lowest BCUT2D eigenvalue weighted by Gasteiger charge is -2.22. The molecule has 35 heavy (non-hydrogen) atoms. The van der Waals surface area contributed by atoms with Gasteiger partial charge in [0.1, 0.15) is 17.2 Å². The van der Waals surface area contributed by atoms with Crippen LogP contribution in [0.4, 0.5) is 5.69 Å². The molecule has 1 atom stereocenters. The zero-order valence-corrected chi connectivity index (χ0v) is 19.4. The Kier molecular flexibility index (Phi) is 5.50. The Bertz CT molecular complexity index is 1550. The largest absolute Gasteiger partial charge is 0.381 e. The summed E-state index contributed by atoms with van der Waals surface area (Å²) in [5.41, 5.74) is 4.73. The molecule has 8 nitrogen and oxygen atoms in total. The molecule has 176 valence electrons. The van der Waals surface area contributed by atoms with E-state index in [0.29, 0.717) is 28.8 Å². The lowest BCUT2D eigenvalue weighted by Crippen LogP contribution is -2.17. The summed E-state index contributed by atoms with van der Waals surface area (Å²) in [5.74, 6) is 1.65. The number of imidazole rings is 1. The number of benzene rings is 2. The van der Waals surface area contributed by atoms with Crippen LogP contribution in [0.5, 0.6) is 0 Å². The van der Waals surface area contributed by atoms with Gasteiger partial charge >= 0.3 is 0 Å². The zero-order valence-electron chi connectivity index (χ0n) is 19.4. The van der Waals surface area contributed by atoms with Crippen LogP contribution in [0.25, 0.3) is 33.3 Å². The summed E-state index contributed by atoms with van der Waals surface area (Å²) in [4.78, 5) is 33.4. The van der Waals surface area contributed by atoms with Crippen LogP contribution in [0, 0.1) is 0 Å². The van der Waals surface area contributed by atoms with Gasteiger partial charge in [-0.25, -0.2) is 15.0 Å². The normalized spacial score (nSPS) is 15.5. The Labute approximate surface area is 201 Å². The van der Waals surface area contributed by atoms with E-state index in [1.807, 2.05) is 37.3 Å². The molecule has 1 saturated heterocycles. The molecule has 8 heteroatoms. The average molecular weight is 467 g/mol. The fraction of sp³-hybridized carbons (Fsp3) is 0.259. The Morgan fingerprint density at radius 2 is 1.80 bits per heavy atom. The van der Waals surface area contributed by atoms with E-state index in [1.165, 1.54) is 5.56 Å². The van der Waals surface area contributed by atoms with Gasteiger partial charge in [-0.05, 0) is 55.5 Å². The summed E-state index contributed by atoms with van der Waals surface area (Å²) in [7, 11) is 0. The molecule has 0 bridgehead atoms. The molecule has 6 rings (SSSR count). The smallest absolute Gasteiger partial charge is 0.261 e. The number of hydrogen-bond donors (Lipinski definition) is 3. The number of para-hydroxylation sites is 1. The average Bonchev–Trinajstić information content (AvgIpc) is 3.32. The van der Waals surface area contributed by atoms with E-state index in [4.69, 9.17) is 9.72 Å². The first-order valence-corrected chi connectivity index (χ1v) is 11.9. The summed E-state index contributed by atoms with van der Waals surface area (Å²) in [5, 5.41) is 4.39. The number of ether oxygens (including phenoxy) is 1. The highest BCUT2D eigenvalue weighted by molar-refractivity contribution is 5.99. The number of aromatic amines is 2. The van der Waals surface area contributed by atoms with Gasteiger partial charge < -0.3 is 20.0 Å². The third-order valence-corrected chi connectivity index (χ3v) is 6.69. The number of anilines is 1. The number of fused-ring (bicyclic) bond motifs is 2. The molecular formula is C27H26N6O2. The summed E-state index contributed by atoms with van der Waals surface area (Å²) >= 11 is 0. The second-order valence-electron chi connectivity index (χ2n) is 8.97. The molecule has 1 aliphatic rings. The number of aromatic nitrogens is 5. The first kappa shape index (κ1) is 21.5. The van der Waals surface area contributed by atoms with Crippen molar-refractivity contribution in [1.82, 2.24) is 24.9 Å². The third-order valence-electron chi connectivity index (χ3n) is 6.69. The van der Waals surface area contributed by atoms with Crippen molar-refractivity contribution in [2.75, 3.05) is 18.5 Å². The lowest BCUT2D eigenvalue weighted by molar-refractivity contribution is 0.0853. The van der Waals surface area contributed by atoms with E-state index in [0.717, 1.165) is 48.0 Å². The van der Waals surface area contributed by atoms with E-state index in [9.17, 15) is 4.79 Å². The molecule has 1 unspecified atom stereocenters. The van der Waals surface area contributed by atoms with Crippen LogP contribution in [-0.4, -0.2) is 38.1 Å². The van der Waals surface area contributed by atoms with Crippen LogP contribution in [0.15, 0.2) is 65.7 Å². The molecule has 3 aromatic heterocycles. The third kappa shape index (κ3) is 4.06. The molecular weight excluding hydrogens is 440 g/mol. The minimum atomic E-state index is -0.218. The fourth-order valence-electron chi connectivity index (χ4n) is 4.86. The predicted octanol–water partition coefficient (Wildman–Crippen LogP) is 4.93.